The molecule has 0 radical (unpaired) electrons. The van der Waals surface area contributed by atoms with E-state index >= 15 is 0 Å². The van der Waals surface area contributed by atoms with Crippen molar-refractivity contribution in [3.8, 4) is 21.5 Å². The summed E-state index contributed by atoms with van der Waals surface area (Å²) in [6.07, 6.45) is 35.4. The molecule has 0 saturated carbocycles. The van der Waals surface area contributed by atoms with Crippen LogP contribution in [0, 0.1) is 6.92 Å². The molecule has 0 aliphatic rings. The van der Waals surface area contributed by atoms with Crippen molar-refractivity contribution in [2.24, 2.45) is 0 Å². The van der Waals surface area contributed by atoms with Gasteiger partial charge in [-0.2, -0.15) is 9.13 Å². The van der Waals surface area contributed by atoms with Gasteiger partial charge in [-0.15, -0.1) is 0 Å². The Bertz CT molecular complexity index is 2760. The Labute approximate surface area is 537 Å². The number of aromatic nitrogens is 2. The number of hydrogen-bond acceptors (Lipinski definition) is 6. The van der Waals surface area contributed by atoms with Gasteiger partial charge in [0.15, 0.2) is 25.5 Å². The van der Waals surface area contributed by atoms with Gasteiger partial charge in [0, 0.05) is 36.6 Å². The van der Waals surface area contributed by atoms with Crippen molar-refractivity contribution in [3.05, 3.63) is 140 Å². The lowest BCUT2D eigenvalue weighted by Crippen LogP contribution is -3.00. The summed E-state index contributed by atoms with van der Waals surface area (Å²) in [4.78, 5) is 31.5. The summed E-state index contributed by atoms with van der Waals surface area (Å²) in [6, 6.07) is 27.7. The number of nitrogens with one attached hydrogen (secondary N) is 2. The van der Waals surface area contributed by atoms with E-state index in [4.69, 9.17) is 32.7 Å². The zero-order valence-electron chi connectivity index (χ0n) is 50.3. The molecule has 0 unspecified atom stereocenters. The van der Waals surface area contributed by atoms with E-state index in [2.05, 4.69) is 82.6 Å². The van der Waals surface area contributed by atoms with Gasteiger partial charge in [-0.3, -0.25) is 9.80 Å². The fourth-order valence-electron chi connectivity index (χ4n) is 10.3. The van der Waals surface area contributed by atoms with Gasteiger partial charge in [0.05, 0.1) is 46.6 Å². The number of halogens is 4. The van der Waals surface area contributed by atoms with Crippen LogP contribution in [-0.2, 0) is 26.2 Å². The standard InChI is InChI=1S/C67H92Cl2N6O4S2.2BrH/c1-6-8-10-12-14-16-18-20-22-24-26-28-43-78-62-46-56(34-40-60(62)68)51-74(66(76)70-4)58-36-30-54(31-37-58)49-72-42-45-80-64(72)65-73(48-53(3)81-65)50-55-32-38-59(39-33-55)75(67(77)71-5)52-57-35-41-61(69)63(47-57)79-44-29-27-25-23-21-19-17-15-13-11-9-7-2;;/h30-42,45-48H,6-29,43-44,49-52H2,1-5H3;2*1H. The molecule has 2 N–H and O–H groups in total. The predicted octanol–water partition coefficient (Wildman–Crippen LogP) is 12.6. The minimum absolute atomic E-state index is 0. The molecule has 0 spiro atoms. The molecule has 16 heteroatoms. The Morgan fingerprint density at radius 3 is 1.24 bits per heavy atom. The smallest absolute Gasteiger partial charge is 0.346 e. The van der Waals surface area contributed by atoms with Crippen LogP contribution in [0.5, 0.6) is 11.5 Å². The van der Waals surface area contributed by atoms with E-state index in [1.807, 2.05) is 60.7 Å². The van der Waals surface area contributed by atoms with Gasteiger partial charge in [-0.1, -0.05) is 237 Å². The summed E-state index contributed by atoms with van der Waals surface area (Å²) < 4.78 is 17.0. The maximum atomic E-state index is 13.4. The van der Waals surface area contributed by atoms with Gasteiger partial charge in [-0.05, 0) is 79.4 Å². The Hall–Kier alpha value is -4.18. The van der Waals surface area contributed by atoms with Crippen LogP contribution in [0.2, 0.25) is 10.0 Å². The highest BCUT2D eigenvalue weighted by molar-refractivity contribution is 7.20. The number of ether oxygens (including phenoxy) is 2. The minimum Gasteiger partial charge on any atom is -1.00 e. The Kier molecular flexibility index (Phi) is 35.2. The van der Waals surface area contributed by atoms with E-state index in [0.29, 0.717) is 60.9 Å². The van der Waals surface area contributed by atoms with Crippen LogP contribution in [0.1, 0.15) is 195 Å². The van der Waals surface area contributed by atoms with Gasteiger partial charge in [0.25, 0.3) is 0 Å². The topological polar surface area (TPSA) is 90.9 Å². The molecule has 2 aromatic heterocycles. The molecular weight excluding hydrogens is 1250 g/mol. The first-order chi connectivity index (χ1) is 39.6. The molecule has 0 aliphatic heterocycles. The van der Waals surface area contributed by atoms with E-state index < -0.39 is 0 Å². The molecular formula is C67H94Br2Cl2N6O4S2. The fraction of sp³-hybridized carbons (Fsp3) is 0.522. The summed E-state index contributed by atoms with van der Waals surface area (Å²) >= 11 is 16.7. The first kappa shape index (κ1) is 71.3. The molecule has 4 amide bonds. The second kappa shape index (κ2) is 41.0. The van der Waals surface area contributed by atoms with Crippen LogP contribution in [-0.4, -0.2) is 39.4 Å². The number of thiazole rings is 2. The molecule has 4 aromatic carbocycles. The number of rotatable bonds is 39. The van der Waals surface area contributed by atoms with Crippen molar-refractivity contribution in [3.63, 3.8) is 0 Å². The number of aryl methyl sites for hydroxylation is 1. The molecule has 0 atom stereocenters. The highest BCUT2D eigenvalue weighted by Gasteiger charge is 2.29. The van der Waals surface area contributed by atoms with Crippen LogP contribution in [0.3, 0.4) is 0 Å². The van der Waals surface area contributed by atoms with Crippen molar-refractivity contribution in [1.29, 1.82) is 0 Å². The number of benzene rings is 4. The number of urea groups is 2. The average molecular weight is 1340 g/mol. The molecule has 456 valence electrons. The van der Waals surface area contributed by atoms with Crippen molar-refractivity contribution in [1.82, 2.24) is 10.6 Å². The predicted molar refractivity (Wildman–Crippen MR) is 341 cm³/mol. The van der Waals surface area contributed by atoms with E-state index in [-0.39, 0.29) is 46.0 Å². The molecule has 10 nitrogen and oxygen atoms in total. The Morgan fingerprint density at radius 1 is 0.494 bits per heavy atom. The van der Waals surface area contributed by atoms with Gasteiger partial charge in [-0.25, -0.2) is 9.59 Å². The SMILES string of the molecule is CCCCCCCCCCCCCCOc1cc(CN(C(=O)NC)c2ccc(C[n+]3ccsc3-c3sc(C)c[n+]3Cc3ccc(N(Cc4ccc(Cl)c(OCCCCCCCCCCCCCC)c4)C(=O)NC)cc3)cc2)ccc1Cl.[Br-].[Br-]. The minimum atomic E-state index is -0.195. The van der Waals surface area contributed by atoms with Crippen LogP contribution in [0.4, 0.5) is 21.0 Å². The molecule has 83 heavy (non-hydrogen) atoms. The zero-order valence-corrected chi connectivity index (χ0v) is 56.6. The first-order valence-electron chi connectivity index (χ1n) is 30.6. The number of amides is 4. The highest BCUT2D eigenvalue weighted by atomic mass is 79.9. The number of unbranched alkanes of at least 4 members (excludes halogenated alkanes) is 22. The lowest BCUT2D eigenvalue weighted by atomic mass is 10.1. The summed E-state index contributed by atoms with van der Waals surface area (Å²) in [5, 5.41) is 11.3. The van der Waals surface area contributed by atoms with Gasteiger partial charge in [0.1, 0.15) is 11.5 Å². The summed E-state index contributed by atoms with van der Waals surface area (Å²) in [7, 11) is 3.32. The highest BCUT2D eigenvalue weighted by Crippen LogP contribution is 2.31. The zero-order chi connectivity index (χ0) is 57.4. The number of anilines is 2. The largest absolute Gasteiger partial charge is 1.00 e. The van der Waals surface area contributed by atoms with E-state index in [9.17, 15) is 9.59 Å². The molecule has 6 rings (SSSR count). The van der Waals surface area contributed by atoms with E-state index in [0.717, 1.165) is 64.3 Å². The molecule has 0 saturated heterocycles. The average Bonchev–Trinajstić information content (AvgIpc) is 4.13. The second-order valence-electron chi connectivity index (χ2n) is 21.7. The van der Waals surface area contributed by atoms with Crippen LogP contribution in [0.25, 0.3) is 10.0 Å². The lowest BCUT2D eigenvalue weighted by molar-refractivity contribution is -0.701. The van der Waals surface area contributed by atoms with E-state index in [1.54, 1.807) is 46.6 Å². The number of hydrogen-bond donors (Lipinski definition) is 2. The summed E-state index contributed by atoms with van der Waals surface area (Å²) in [5.74, 6) is 1.31. The maximum absolute atomic E-state index is 13.4. The number of carbonyl (C=O) groups excluding carboxylic acids is 2. The van der Waals surface area contributed by atoms with Crippen LogP contribution < -0.4 is 73.0 Å². The Balaban J connectivity index is 0.00000740. The maximum Gasteiger partial charge on any atom is 0.346 e. The number of nitrogens with zero attached hydrogens (tertiary/aromatic N) is 4. The summed E-state index contributed by atoms with van der Waals surface area (Å²) in [6.45, 7) is 9.99. The fourth-order valence-corrected chi connectivity index (χ4v) is 12.7. The third kappa shape index (κ3) is 25.0. The quantitative estimate of drug-likeness (QED) is 0.0297. The van der Waals surface area contributed by atoms with Gasteiger partial charge < -0.3 is 54.1 Å². The number of carbonyl (C=O) groups is 2. The van der Waals surface area contributed by atoms with Crippen molar-refractivity contribution in [2.75, 3.05) is 37.1 Å². The molecule has 2 heterocycles. The van der Waals surface area contributed by atoms with Crippen LogP contribution in [0.15, 0.2) is 103 Å². The van der Waals surface area contributed by atoms with Crippen molar-refractivity contribution >= 4 is 69.3 Å². The van der Waals surface area contributed by atoms with Crippen LogP contribution >= 0.6 is 45.9 Å². The lowest BCUT2D eigenvalue weighted by Gasteiger charge is -2.23. The Morgan fingerprint density at radius 2 is 0.855 bits per heavy atom. The monoisotopic (exact) mass is 1340 g/mol. The van der Waals surface area contributed by atoms with Crippen molar-refractivity contribution in [2.45, 2.75) is 201 Å². The van der Waals surface area contributed by atoms with Gasteiger partial charge >= 0.3 is 22.1 Å². The van der Waals surface area contributed by atoms with Gasteiger partial charge in [0.2, 0.25) is 0 Å². The van der Waals surface area contributed by atoms with E-state index in [1.165, 1.54) is 138 Å². The molecule has 0 bridgehead atoms. The summed E-state index contributed by atoms with van der Waals surface area (Å²) in [5.41, 5.74) is 5.70. The third-order valence-electron chi connectivity index (χ3n) is 15.0. The third-order valence-corrected chi connectivity index (χ3v) is 17.7. The molecule has 6 aromatic rings. The second-order valence-corrected chi connectivity index (χ2v) is 24.7. The van der Waals surface area contributed by atoms with Crippen molar-refractivity contribution < 1.29 is 62.2 Å². The molecule has 0 fully saturated rings. The normalized spacial score (nSPS) is 11.0. The first-order valence-corrected chi connectivity index (χ1v) is 33.0. The molecule has 0 aliphatic carbocycles.